The van der Waals surface area contributed by atoms with Crippen molar-refractivity contribution in [2.75, 3.05) is 44.5 Å². The highest BCUT2D eigenvalue weighted by Crippen LogP contribution is 2.43. The molecule has 0 atom stereocenters. The summed E-state index contributed by atoms with van der Waals surface area (Å²) in [7, 11) is 3.77. The number of ether oxygens (including phenoxy) is 3. The number of piperidine rings is 1. The van der Waals surface area contributed by atoms with Crippen LogP contribution in [0.2, 0.25) is 0 Å². The molecule has 2 N–H and O–H groups in total. The summed E-state index contributed by atoms with van der Waals surface area (Å²) in [6, 6.07) is 8.54. The quantitative estimate of drug-likeness (QED) is 0.417. The van der Waals surface area contributed by atoms with Gasteiger partial charge in [0.15, 0.2) is 17.3 Å². The van der Waals surface area contributed by atoms with Crippen LogP contribution in [0, 0.1) is 11.7 Å². The van der Waals surface area contributed by atoms with Crippen LogP contribution in [0.3, 0.4) is 0 Å². The maximum atomic E-state index is 14.4. The molecule has 0 unspecified atom stereocenters. The first kappa shape index (κ1) is 23.6. The Morgan fingerprint density at radius 3 is 2.80 bits per heavy atom. The van der Waals surface area contributed by atoms with Gasteiger partial charge in [-0.1, -0.05) is 15.9 Å². The normalized spacial score (nSPS) is 15.8. The number of benzene rings is 2. The van der Waals surface area contributed by atoms with Crippen molar-refractivity contribution in [2.24, 2.45) is 5.92 Å². The number of fused-ring (bicyclic) bond motifs is 2. The molecule has 2 aliphatic rings. The molecule has 35 heavy (non-hydrogen) atoms. The first-order valence-electron chi connectivity index (χ1n) is 11.5. The van der Waals surface area contributed by atoms with E-state index in [-0.39, 0.29) is 0 Å². The zero-order valence-electron chi connectivity index (χ0n) is 19.6. The third-order valence-corrected chi connectivity index (χ3v) is 6.81. The van der Waals surface area contributed by atoms with Gasteiger partial charge in [-0.25, -0.2) is 9.37 Å². The first-order chi connectivity index (χ1) is 17.0. The average Bonchev–Trinajstić information content (AvgIpc) is 3.04. The number of hydrogen-bond donors (Lipinski definition) is 2. The Bertz CT molecular complexity index is 1220. The number of halogens is 2. The predicted octanol–water partition coefficient (Wildman–Crippen LogP) is 5.57. The second-order valence-corrected chi connectivity index (χ2v) is 9.69. The van der Waals surface area contributed by atoms with Crippen LogP contribution in [0.1, 0.15) is 18.4 Å². The maximum absolute atomic E-state index is 14.4. The van der Waals surface area contributed by atoms with Gasteiger partial charge in [0, 0.05) is 22.6 Å². The molecule has 0 spiro atoms. The molecular formula is C25H27BrFN5O3. The largest absolute Gasteiger partial charge is 0.493 e. The van der Waals surface area contributed by atoms with Gasteiger partial charge in [0.1, 0.15) is 23.6 Å². The molecule has 0 saturated carbocycles. The molecule has 10 heteroatoms. The van der Waals surface area contributed by atoms with Crippen molar-refractivity contribution in [3.8, 4) is 23.1 Å². The van der Waals surface area contributed by atoms with Gasteiger partial charge in [0.2, 0.25) is 5.88 Å². The molecule has 184 valence electrons. The molecule has 3 heterocycles. The molecule has 0 bridgehead atoms. The molecule has 2 aromatic carbocycles. The molecule has 8 nitrogen and oxygen atoms in total. The van der Waals surface area contributed by atoms with E-state index >= 15 is 0 Å². The van der Waals surface area contributed by atoms with Crippen molar-refractivity contribution in [1.82, 2.24) is 14.9 Å². The molecule has 5 rings (SSSR count). The molecule has 3 aromatic rings. The number of hydrogen-bond acceptors (Lipinski definition) is 8. The van der Waals surface area contributed by atoms with Gasteiger partial charge in [-0.2, -0.15) is 4.98 Å². The minimum Gasteiger partial charge on any atom is -0.493 e. The maximum Gasteiger partial charge on any atom is 0.248 e. The number of aromatic nitrogens is 2. The van der Waals surface area contributed by atoms with E-state index < -0.39 is 5.82 Å². The summed E-state index contributed by atoms with van der Waals surface area (Å²) in [5.74, 6) is 2.76. The molecule has 1 aromatic heterocycles. The standard InChI is InChI=1S/C25H27BrFN5O3/c1-32-7-5-15(6-8-32)13-34-22-9-16-12-28-23-24(31-19-4-3-17(26)10-18(19)27)29-14-30-25(23)35-20(16)11-21(22)33-2/h3-4,9-11,14-15,28H,5-8,12-13H2,1-2H3,(H,29,30,31). The fourth-order valence-electron chi connectivity index (χ4n) is 4.23. The van der Waals surface area contributed by atoms with E-state index in [0.717, 1.165) is 31.5 Å². The summed E-state index contributed by atoms with van der Waals surface area (Å²) in [6.07, 6.45) is 3.62. The van der Waals surface area contributed by atoms with Gasteiger partial charge in [-0.05, 0) is 63.2 Å². The van der Waals surface area contributed by atoms with Gasteiger partial charge < -0.3 is 29.7 Å². The van der Waals surface area contributed by atoms with Crippen LogP contribution < -0.4 is 24.8 Å². The number of nitrogens with one attached hydrogen (secondary N) is 2. The first-order valence-corrected chi connectivity index (χ1v) is 12.3. The third kappa shape index (κ3) is 5.28. The predicted molar refractivity (Wildman–Crippen MR) is 136 cm³/mol. The summed E-state index contributed by atoms with van der Waals surface area (Å²) in [5.41, 5.74) is 1.73. The third-order valence-electron chi connectivity index (χ3n) is 6.32. The topological polar surface area (TPSA) is 80.8 Å². The zero-order chi connectivity index (χ0) is 24.4. The Morgan fingerprint density at radius 1 is 1.20 bits per heavy atom. The van der Waals surface area contributed by atoms with E-state index in [0.29, 0.717) is 63.9 Å². The van der Waals surface area contributed by atoms with Gasteiger partial charge in [-0.3, -0.25) is 0 Å². The van der Waals surface area contributed by atoms with E-state index in [1.165, 1.54) is 12.4 Å². The number of methoxy groups -OCH3 is 1. The van der Waals surface area contributed by atoms with Crippen LogP contribution in [0.15, 0.2) is 41.1 Å². The molecule has 0 amide bonds. The van der Waals surface area contributed by atoms with Crippen LogP contribution in [0.4, 0.5) is 21.6 Å². The van der Waals surface area contributed by atoms with E-state index in [2.05, 4.69) is 48.5 Å². The fourth-order valence-corrected chi connectivity index (χ4v) is 4.57. The van der Waals surface area contributed by atoms with Gasteiger partial charge >= 0.3 is 0 Å². The molecule has 1 fully saturated rings. The summed E-state index contributed by atoms with van der Waals surface area (Å²) >= 11 is 3.27. The van der Waals surface area contributed by atoms with Crippen molar-refractivity contribution < 1.29 is 18.6 Å². The number of rotatable bonds is 6. The second kappa shape index (κ2) is 10.2. The van der Waals surface area contributed by atoms with Crippen LogP contribution in [0.5, 0.6) is 23.1 Å². The molecular weight excluding hydrogens is 517 g/mol. The average molecular weight is 544 g/mol. The lowest BCUT2D eigenvalue weighted by atomic mass is 9.98. The molecule has 0 radical (unpaired) electrons. The lowest BCUT2D eigenvalue weighted by molar-refractivity contribution is 0.157. The smallest absolute Gasteiger partial charge is 0.248 e. The van der Waals surface area contributed by atoms with E-state index in [1.807, 2.05) is 12.1 Å². The highest BCUT2D eigenvalue weighted by Gasteiger charge is 2.23. The molecule has 2 aliphatic heterocycles. The monoisotopic (exact) mass is 543 g/mol. The van der Waals surface area contributed by atoms with Crippen molar-refractivity contribution in [1.29, 1.82) is 0 Å². The lowest BCUT2D eigenvalue weighted by Gasteiger charge is -2.29. The fraction of sp³-hybridized carbons (Fsp3) is 0.360. The van der Waals surface area contributed by atoms with Gasteiger partial charge in [0.05, 0.1) is 19.4 Å². The van der Waals surface area contributed by atoms with Crippen molar-refractivity contribution in [2.45, 2.75) is 19.4 Å². The summed E-state index contributed by atoms with van der Waals surface area (Å²) in [4.78, 5) is 10.9. The Hall–Kier alpha value is -3.11. The van der Waals surface area contributed by atoms with Gasteiger partial charge in [0.25, 0.3) is 0 Å². The highest BCUT2D eigenvalue weighted by molar-refractivity contribution is 9.10. The number of nitrogens with zero attached hydrogens (tertiary/aromatic N) is 3. The zero-order valence-corrected chi connectivity index (χ0v) is 21.2. The van der Waals surface area contributed by atoms with E-state index in [4.69, 9.17) is 14.2 Å². The summed E-state index contributed by atoms with van der Waals surface area (Å²) in [5, 5.41) is 6.36. The lowest BCUT2D eigenvalue weighted by Crippen LogP contribution is -2.32. The molecule has 1 saturated heterocycles. The Labute approximate surface area is 211 Å². The van der Waals surface area contributed by atoms with E-state index in [1.54, 1.807) is 19.2 Å². The number of likely N-dealkylation sites (tertiary alicyclic amines) is 1. The van der Waals surface area contributed by atoms with Crippen molar-refractivity contribution >= 4 is 33.1 Å². The highest BCUT2D eigenvalue weighted by atomic mass is 79.9. The Kier molecular flexibility index (Phi) is 6.92. The van der Waals surface area contributed by atoms with Crippen molar-refractivity contribution in [3.05, 3.63) is 52.5 Å². The summed E-state index contributed by atoms with van der Waals surface area (Å²) in [6.45, 7) is 3.28. The van der Waals surface area contributed by atoms with Crippen LogP contribution in [0.25, 0.3) is 0 Å². The SMILES string of the molecule is COc1cc2c(cc1OCC1CCN(C)CC1)CNc1c(Nc3ccc(Br)cc3F)ncnc1O2. The second-order valence-electron chi connectivity index (χ2n) is 8.78. The Balaban J connectivity index is 1.36. The minimum atomic E-state index is -0.402. The van der Waals surface area contributed by atoms with Crippen LogP contribution in [-0.2, 0) is 6.54 Å². The molecule has 0 aliphatic carbocycles. The summed E-state index contributed by atoms with van der Waals surface area (Å²) < 4.78 is 33.0. The van der Waals surface area contributed by atoms with Crippen LogP contribution in [-0.4, -0.2) is 48.7 Å². The van der Waals surface area contributed by atoms with Crippen molar-refractivity contribution in [3.63, 3.8) is 0 Å². The Morgan fingerprint density at radius 2 is 2.03 bits per heavy atom. The van der Waals surface area contributed by atoms with Gasteiger partial charge in [-0.15, -0.1) is 0 Å². The van der Waals surface area contributed by atoms with E-state index in [9.17, 15) is 4.39 Å². The minimum absolute atomic E-state index is 0.295. The number of anilines is 3. The van der Waals surface area contributed by atoms with Crippen LogP contribution >= 0.6 is 15.9 Å².